The lowest BCUT2D eigenvalue weighted by molar-refractivity contribution is 0.0910. The fraction of sp³-hybridized carbons (Fsp3) is 0.556. The fourth-order valence-corrected chi connectivity index (χ4v) is 0.940. The summed E-state index contributed by atoms with van der Waals surface area (Å²) in [6, 6.07) is 0. The highest BCUT2D eigenvalue weighted by Crippen LogP contribution is 2.05. The SMILES string of the molecule is Cc1cnoc1C(=O)NCC(C)CN. The first-order valence-electron chi connectivity index (χ1n) is 4.54. The van der Waals surface area contributed by atoms with E-state index in [1.54, 1.807) is 6.92 Å². The summed E-state index contributed by atoms with van der Waals surface area (Å²) in [5.41, 5.74) is 6.16. The van der Waals surface area contributed by atoms with E-state index in [1.165, 1.54) is 6.20 Å². The Hall–Kier alpha value is -1.36. The van der Waals surface area contributed by atoms with Crippen LogP contribution in [-0.4, -0.2) is 24.2 Å². The minimum absolute atomic E-state index is 0.236. The third kappa shape index (κ3) is 2.56. The van der Waals surface area contributed by atoms with Crippen LogP contribution in [0.5, 0.6) is 0 Å². The zero-order chi connectivity index (χ0) is 10.6. The Bertz CT molecular complexity index is 309. The van der Waals surface area contributed by atoms with Crippen LogP contribution in [0.4, 0.5) is 0 Å². The predicted molar refractivity (Wildman–Crippen MR) is 51.8 cm³/mol. The average Bonchev–Trinajstić information content (AvgIpc) is 2.60. The number of hydrogen-bond acceptors (Lipinski definition) is 4. The number of nitrogens with two attached hydrogens (primary N) is 1. The lowest BCUT2D eigenvalue weighted by Crippen LogP contribution is -2.31. The molecule has 78 valence electrons. The summed E-state index contributed by atoms with van der Waals surface area (Å²) in [6.07, 6.45) is 1.52. The summed E-state index contributed by atoms with van der Waals surface area (Å²) in [5.74, 6) is 0.302. The van der Waals surface area contributed by atoms with Crippen molar-refractivity contribution < 1.29 is 9.32 Å². The van der Waals surface area contributed by atoms with Gasteiger partial charge in [0.15, 0.2) is 0 Å². The predicted octanol–water partition coefficient (Wildman–Crippen LogP) is 0.308. The highest BCUT2D eigenvalue weighted by atomic mass is 16.5. The molecular formula is C9H15N3O2. The first kappa shape index (κ1) is 10.7. The Morgan fingerprint density at radius 2 is 2.50 bits per heavy atom. The molecule has 0 radical (unpaired) electrons. The van der Waals surface area contributed by atoms with Crippen LogP contribution >= 0.6 is 0 Å². The molecule has 0 aliphatic rings. The molecule has 0 bridgehead atoms. The number of carbonyl (C=O) groups is 1. The normalized spacial score (nSPS) is 12.5. The standard InChI is InChI=1S/C9H15N3O2/c1-6(3-10)4-11-9(13)8-7(2)5-12-14-8/h5-6H,3-4,10H2,1-2H3,(H,11,13). The second kappa shape index (κ2) is 4.76. The number of rotatable bonds is 4. The number of nitrogens with zero attached hydrogens (tertiary/aromatic N) is 1. The molecule has 5 nitrogen and oxygen atoms in total. The quantitative estimate of drug-likeness (QED) is 0.727. The molecule has 0 aromatic carbocycles. The van der Waals surface area contributed by atoms with Gasteiger partial charge in [-0.3, -0.25) is 4.79 Å². The molecule has 5 heteroatoms. The number of aromatic nitrogens is 1. The van der Waals surface area contributed by atoms with Crippen molar-refractivity contribution in [2.45, 2.75) is 13.8 Å². The van der Waals surface area contributed by atoms with E-state index >= 15 is 0 Å². The summed E-state index contributed by atoms with van der Waals surface area (Å²) in [4.78, 5) is 11.5. The van der Waals surface area contributed by atoms with Crippen LogP contribution < -0.4 is 11.1 Å². The summed E-state index contributed by atoms with van der Waals surface area (Å²) in [7, 11) is 0. The molecule has 1 amide bonds. The van der Waals surface area contributed by atoms with E-state index in [2.05, 4.69) is 10.5 Å². The molecule has 1 unspecified atom stereocenters. The van der Waals surface area contributed by atoms with Gasteiger partial charge < -0.3 is 15.6 Å². The minimum atomic E-state index is -0.236. The van der Waals surface area contributed by atoms with Crippen molar-refractivity contribution in [3.8, 4) is 0 Å². The number of carbonyl (C=O) groups excluding carboxylic acids is 1. The molecule has 0 saturated carbocycles. The van der Waals surface area contributed by atoms with Crippen LogP contribution in [0.15, 0.2) is 10.7 Å². The van der Waals surface area contributed by atoms with Gasteiger partial charge in [-0.15, -0.1) is 0 Å². The topological polar surface area (TPSA) is 81.2 Å². The van der Waals surface area contributed by atoms with Gasteiger partial charge in [0.25, 0.3) is 5.91 Å². The maximum absolute atomic E-state index is 11.5. The van der Waals surface area contributed by atoms with Crippen molar-refractivity contribution in [3.05, 3.63) is 17.5 Å². The summed E-state index contributed by atoms with van der Waals surface area (Å²) in [6.45, 7) is 4.84. The second-order valence-electron chi connectivity index (χ2n) is 3.39. The van der Waals surface area contributed by atoms with E-state index in [4.69, 9.17) is 10.3 Å². The monoisotopic (exact) mass is 197 g/mol. The molecule has 0 saturated heterocycles. The van der Waals surface area contributed by atoms with Gasteiger partial charge in [-0.2, -0.15) is 0 Å². The fourth-order valence-electron chi connectivity index (χ4n) is 0.940. The Labute approximate surface area is 82.6 Å². The van der Waals surface area contributed by atoms with Crippen molar-refractivity contribution in [2.24, 2.45) is 11.7 Å². The van der Waals surface area contributed by atoms with Gasteiger partial charge in [-0.25, -0.2) is 0 Å². The van der Waals surface area contributed by atoms with Crippen molar-refractivity contribution in [1.82, 2.24) is 10.5 Å². The zero-order valence-electron chi connectivity index (χ0n) is 8.41. The summed E-state index contributed by atoms with van der Waals surface area (Å²) >= 11 is 0. The van der Waals surface area contributed by atoms with E-state index in [1.807, 2.05) is 6.92 Å². The molecule has 1 aromatic heterocycles. The van der Waals surface area contributed by atoms with Crippen LogP contribution in [0.2, 0.25) is 0 Å². The Morgan fingerprint density at radius 3 is 3.00 bits per heavy atom. The number of nitrogens with one attached hydrogen (secondary N) is 1. The molecule has 0 spiro atoms. The highest BCUT2D eigenvalue weighted by molar-refractivity contribution is 5.92. The van der Waals surface area contributed by atoms with Crippen LogP contribution in [0.3, 0.4) is 0 Å². The first-order valence-corrected chi connectivity index (χ1v) is 4.54. The lowest BCUT2D eigenvalue weighted by Gasteiger charge is -2.08. The number of amides is 1. The Morgan fingerprint density at radius 1 is 1.79 bits per heavy atom. The third-order valence-corrected chi connectivity index (χ3v) is 1.97. The smallest absolute Gasteiger partial charge is 0.290 e. The summed E-state index contributed by atoms with van der Waals surface area (Å²) < 4.78 is 4.80. The number of aryl methyl sites for hydroxylation is 1. The average molecular weight is 197 g/mol. The van der Waals surface area contributed by atoms with E-state index in [0.29, 0.717) is 13.1 Å². The van der Waals surface area contributed by atoms with Crippen molar-refractivity contribution in [3.63, 3.8) is 0 Å². The zero-order valence-corrected chi connectivity index (χ0v) is 8.41. The number of hydrogen-bond donors (Lipinski definition) is 2. The van der Waals surface area contributed by atoms with Gasteiger partial charge in [-0.1, -0.05) is 12.1 Å². The first-order chi connectivity index (χ1) is 6.65. The maximum atomic E-state index is 11.5. The van der Waals surface area contributed by atoms with Gasteiger partial charge in [0, 0.05) is 12.1 Å². The molecule has 0 fully saturated rings. The Kier molecular flexibility index (Phi) is 3.64. The van der Waals surface area contributed by atoms with E-state index < -0.39 is 0 Å². The van der Waals surface area contributed by atoms with Crippen LogP contribution in [-0.2, 0) is 0 Å². The maximum Gasteiger partial charge on any atom is 0.290 e. The van der Waals surface area contributed by atoms with Crippen LogP contribution in [0.25, 0.3) is 0 Å². The largest absolute Gasteiger partial charge is 0.351 e. The molecule has 0 aliphatic heterocycles. The van der Waals surface area contributed by atoms with Crippen molar-refractivity contribution >= 4 is 5.91 Å². The van der Waals surface area contributed by atoms with Gasteiger partial charge in [0.1, 0.15) is 0 Å². The highest BCUT2D eigenvalue weighted by Gasteiger charge is 2.13. The molecule has 1 atom stereocenters. The molecule has 14 heavy (non-hydrogen) atoms. The van der Waals surface area contributed by atoms with Crippen molar-refractivity contribution in [2.75, 3.05) is 13.1 Å². The van der Waals surface area contributed by atoms with E-state index in [-0.39, 0.29) is 17.6 Å². The molecular weight excluding hydrogens is 182 g/mol. The van der Waals surface area contributed by atoms with Crippen LogP contribution in [0, 0.1) is 12.8 Å². The van der Waals surface area contributed by atoms with Gasteiger partial charge in [0.05, 0.1) is 6.20 Å². The van der Waals surface area contributed by atoms with Gasteiger partial charge in [0.2, 0.25) is 5.76 Å². The molecule has 1 rings (SSSR count). The molecule has 1 aromatic rings. The Balaban J connectivity index is 2.47. The minimum Gasteiger partial charge on any atom is -0.351 e. The lowest BCUT2D eigenvalue weighted by atomic mass is 10.2. The third-order valence-electron chi connectivity index (χ3n) is 1.97. The second-order valence-corrected chi connectivity index (χ2v) is 3.39. The van der Waals surface area contributed by atoms with Crippen LogP contribution in [0.1, 0.15) is 23.0 Å². The molecule has 3 N–H and O–H groups in total. The van der Waals surface area contributed by atoms with Crippen molar-refractivity contribution in [1.29, 1.82) is 0 Å². The van der Waals surface area contributed by atoms with Gasteiger partial charge >= 0.3 is 0 Å². The van der Waals surface area contributed by atoms with E-state index in [0.717, 1.165) is 5.56 Å². The van der Waals surface area contributed by atoms with E-state index in [9.17, 15) is 4.79 Å². The summed E-state index contributed by atoms with van der Waals surface area (Å²) in [5, 5.41) is 6.25. The van der Waals surface area contributed by atoms with Gasteiger partial charge in [-0.05, 0) is 19.4 Å². The molecule has 1 heterocycles. The molecule has 0 aliphatic carbocycles.